The molecule has 7 nitrogen and oxygen atoms in total. The molecule has 0 heterocycles. The van der Waals surface area contributed by atoms with Gasteiger partial charge in [-0.3, -0.25) is 4.99 Å². The van der Waals surface area contributed by atoms with Crippen molar-refractivity contribution in [3.63, 3.8) is 0 Å². The van der Waals surface area contributed by atoms with Crippen molar-refractivity contribution < 1.29 is 18.9 Å². The minimum Gasteiger partial charge on any atom is -0.496 e. The topological polar surface area (TPSA) is 73.3 Å². The van der Waals surface area contributed by atoms with Gasteiger partial charge < -0.3 is 29.6 Å². The Morgan fingerprint density at radius 3 is 2.04 bits per heavy atom. The van der Waals surface area contributed by atoms with Gasteiger partial charge in [-0.05, 0) is 12.1 Å². The predicted octanol–water partition coefficient (Wildman–Crippen LogP) is 4.18. The van der Waals surface area contributed by atoms with Crippen molar-refractivity contribution in [1.82, 2.24) is 5.32 Å². The molecule has 9 heteroatoms. The Balaban J connectivity index is 0.00000392. The van der Waals surface area contributed by atoms with Crippen molar-refractivity contribution in [2.45, 2.75) is 6.54 Å². The van der Waals surface area contributed by atoms with Gasteiger partial charge in [0.25, 0.3) is 0 Å². The molecule has 0 unspecified atom stereocenters. The van der Waals surface area contributed by atoms with E-state index in [0.29, 0.717) is 40.5 Å². The van der Waals surface area contributed by atoms with Gasteiger partial charge >= 0.3 is 0 Å². The summed E-state index contributed by atoms with van der Waals surface area (Å²) in [7, 11) is 8.00. The molecule has 2 aromatic rings. The second kappa shape index (κ2) is 11.7. The smallest absolute Gasteiger partial charge is 0.203 e. The number of anilines is 1. The molecule has 2 N–H and O–H groups in total. The molecule has 0 bridgehead atoms. The van der Waals surface area contributed by atoms with Crippen LogP contribution in [0.25, 0.3) is 0 Å². The lowest BCUT2D eigenvalue weighted by Crippen LogP contribution is -2.30. The molecule has 0 atom stereocenters. The monoisotopic (exact) mass is 521 g/mol. The van der Waals surface area contributed by atoms with Gasteiger partial charge in [0.15, 0.2) is 17.5 Å². The van der Waals surface area contributed by atoms with E-state index in [1.807, 2.05) is 12.1 Å². The summed E-state index contributed by atoms with van der Waals surface area (Å²) in [6, 6.07) is 9.10. The summed E-state index contributed by atoms with van der Waals surface area (Å²) < 4.78 is 21.4. The molecular weight excluding hydrogens is 497 g/mol. The van der Waals surface area contributed by atoms with Crippen molar-refractivity contribution in [2.75, 3.05) is 40.8 Å². The van der Waals surface area contributed by atoms with Crippen molar-refractivity contribution >= 4 is 47.2 Å². The van der Waals surface area contributed by atoms with Crippen LogP contribution in [0.1, 0.15) is 5.56 Å². The summed E-state index contributed by atoms with van der Waals surface area (Å²) >= 11 is 6.00. The van der Waals surface area contributed by atoms with Gasteiger partial charge in [-0.2, -0.15) is 0 Å². The lowest BCUT2D eigenvalue weighted by molar-refractivity contribution is 0.324. The van der Waals surface area contributed by atoms with Crippen LogP contribution in [0.15, 0.2) is 35.3 Å². The normalized spacial score (nSPS) is 10.6. The van der Waals surface area contributed by atoms with E-state index in [9.17, 15) is 0 Å². The summed E-state index contributed by atoms with van der Waals surface area (Å²) in [5.41, 5.74) is 1.69. The van der Waals surface area contributed by atoms with Crippen LogP contribution < -0.4 is 29.6 Å². The molecule has 2 aromatic carbocycles. The molecule has 0 fully saturated rings. The molecule has 0 amide bonds. The predicted molar refractivity (Wildman–Crippen MR) is 123 cm³/mol. The van der Waals surface area contributed by atoms with E-state index in [-0.39, 0.29) is 24.0 Å². The number of benzene rings is 2. The summed E-state index contributed by atoms with van der Waals surface area (Å²) in [5, 5.41) is 7.06. The Kier molecular flexibility index (Phi) is 10.0. The zero-order valence-electron chi connectivity index (χ0n) is 16.5. The highest BCUT2D eigenvalue weighted by Gasteiger charge is 2.14. The van der Waals surface area contributed by atoms with Crippen LogP contribution in [0, 0.1) is 0 Å². The third-order valence-corrected chi connectivity index (χ3v) is 4.08. The van der Waals surface area contributed by atoms with E-state index < -0.39 is 0 Å². The fraction of sp³-hybridized carbons (Fsp3) is 0.316. The van der Waals surface area contributed by atoms with Gasteiger partial charge in [-0.1, -0.05) is 17.7 Å². The molecule has 0 aliphatic carbocycles. The van der Waals surface area contributed by atoms with Crippen LogP contribution >= 0.6 is 35.6 Å². The van der Waals surface area contributed by atoms with E-state index in [0.717, 1.165) is 11.3 Å². The van der Waals surface area contributed by atoms with Crippen LogP contribution in [0.3, 0.4) is 0 Å². The van der Waals surface area contributed by atoms with Crippen molar-refractivity contribution in [2.24, 2.45) is 4.99 Å². The highest BCUT2D eigenvalue weighted by atomic mass is 127. The molecule has 0 aromatic heterocycles. The quantitative estimate of drug-likeness (QED) is 0.324. The third kappa shape index (κ3) is 5.96. The maximum absolute atomic E-state index is 6.00. The summed E-state index contributed by atoms with van der Waals surface area (Å²) in [6.07, 6.45) is 0. The number of nitrogens with one attached hydrogen (secondary N) is 2. The number of halogens is 2. The van der Waals surface area contributed by atoms with Gasteiger partial charge in [0.1, 0.15) is 5.75 Å². The standard InChI is InChI=1S/C19H24ClN3O4.HI/c1-21-19(22-11-12-6-7-13(20)8-15(12)24-2)23-14-9-16(25-3)18(27-5)17(10-14)26-4;/h6-10H,11H2,1-5H3,(H2,21,22,23);1H. The fourth-order valence-corrected chi connectivity index (χ4v) is 2.67. The zero-order chi connectivity index (χ0) is 19.8. The maximum Gasteiger partial charge on any atom is 0.203 e. The first-order valence-electron chi connectivity index (χ1n) is 8.16. The first-order valence-corrected chi connectivity index (χ1v) is 8.54. The third-order valence-electron chi connectivity index (χ3n) is 3.85. The minimum absolute atomic E-state index is 0. The molecule has 154 valence electrons. The molecule has 0 saturated heterocycles. The average molecular weight is 522 g/mol. The van der Waals surface area contributed by atoms with Crippen LogP contribution in [0.4, 0.5) is 5.69 Å². The number of aliphatic imine (C=N–C) groups is 1. The maximum atomic E-state index is 6.00. The van der Waals surface area contributed by atoms with E-state index >= 15 is 0 Å². The van der Waals surface area contributed by atoms with Crippen molar-refractivity contribution in [1.29, 1.82) is 0 Å². The number of ether oxygens (including phenoxy) is 4. The largest absolute Gasteiger partial charge is 0.496 e. The Morgan fingerprint density at radius 2 is 1.54 bits per heavy atom. The number of guanidine groups is 1. The number of hydrogen-bond acceptors (Lipinski definition) is 5. The molecule has 0 aliphatic heterocycles. The van der Waals surface area contributed by atoms with Crippen LogP contribution in [-0.4, -0.2) is 41.4 Å². The van der Waals surface area contributed by atoms with Crippen molar-refractivity contribution in [3.05, 3.63) is 40.9 Å². The first kappa shape index (κ1) is 24.0. The molecule has 0 aliphatic rings. The van der Waals surface area contributed by atoms with Gasteiger partial charge in [0, 0.05) is 42.0 Å². The molecule has 0 radical (unpaired) electrons. The molecule has 0 spiro atoms. The van der Waals surface area contributed by atoms with Crippen molar-refractivity contribution in [3.8, 4) is 23.0 Å². The fourth-order valence-electron chi connectivity index (χ4n) is 2.51. The lowest BCUT2D eigenvalue weighted by Gasteiger charge is -2.17. The average Bonchev–Trinajstić information content (AvgIpc) is 2.70. The van der Waals surface area contributed by atoms with Gasteiger partial charge in [-0.15, -0.1) is 24.0 Å². The summed E-state index contributed by atoms with van der Waals surface area (Å²) in [5.74, 6) is 2.90. The van der Waals surface area contributed by atoms with Crippen LogP contribution in [0.2, 0.25) is 5.02 Å². The van der Waals surface area contributed by atoms with Gasteiger partial charge in [0.2, 0.25) is 5.75 Å². The molecular formula is C19H25ClIN3O4. The molecule has 0 saturated carbocycles. The van der Waals surface area contributed by atoms with Gasteiger partial charge in [0.05, 0.1) is 28.4 Å². The Hall–Kier alpha value is -2.07. The second-order valence-electron chi connectivity index (χ2n) is 5.42. The molecule has 2 rings (SSSR count). The number of methoxy groups -OCH3 is 4. The Morgan fingerprint density at radius 1 is 0.929 bits per heavy atom. The summed E-state index contributed by atoms with van der Waals surface area (Å²) in [4.78, 5) is 4.24. The number of hydrogen-bond donors (Lipinski definition) is 2. The first-order chi connectivity index (χ1) is 13.1. The zero-order valence-corrected chi connectivity index (χ0v) is 19.5. The van der Waals surface area contributed by atoms with E-state index in [1.165, 1.54) is 0 Å². The minimum atomic E-state index is 0. The Labute approximate surface area is 187 Å². The van der Waals surface area contributed by atoms with E-state index in [1.54, 1.807) is 53.7 Å². The number of nitrogens with zero attached hydrogens (tertiary/aromatic N) is 1. The SMILES string of the molecule is CN=C(NCc1ccc(Cl)cc1OC)Nc1cc(OC)c(OC)c(OC)c1.I. The molecule has 28 heavy (non-hydrogen) atoms. The van der Waals surface area contributed by atoms with Gasteiger partial charge in [-0.25, -0.2) is 0 Å². The number of rotatable bonds is 7. The van der Waals surface area contributed by atoms with E-state index in [2.05, 4.69) is 15.6 Å². The van der Waals surface area contributed by atoms with Crippen LogP contribution in [-0.2, 0) is 6.54 Å². The highest BCUT2D eigenvalue weighted by Crippen LogP contribution is 2.39. The Bertz CT molecular complexity index is 793. The lowest BCUT2D eigenvalue weighted by atomic mass is 10.2. The summed E-state index contributed by atoms with van der Waals surface area (Å²) in [6.45, 7) is 0.504. The second-order valence-corrected chi connectivity index (χ2v) is 5.86. The highest BCUT2D eigenvalue weighted by molar-refractivity contribution is 14.0. The van der Waals surface area contributed by atoms with E-state index in [4.69, 9.17) is 30.5 Å². The van der Waals surface area contributed by atoms with Crippen LogP contribution in [0.5, 0.6) is 23.0 Å².